The van der Waals surface area contributed by atoms with Crippen LogP contribution in [0.5, 0.6) is 0 Å². The summed E-state index contributed by atoms with van der Waals surface area (Å²) in [6, 6.07) is 9.06. The summed E-state index contributed by atoms with van der Waals surface area (Å²) in [5.74, 6) is 0.456. The van der Waals surface area contributed by atoms with Crippen LogP contribution >= 0.6 is 11.3 Å². The van der Waals surface area contributed by atoms with E-state index >= 15 is 0 Å². The third-order valence-electron chi connectivity index (χ3n) is 5.72. The lowest BCUT2D eigenvalue weighted by molar-refractivity contribution is 0.0444. The van der Waals surface area contributed by atoms with Gasteiger partial charge in [0.15, 0.2) is 0 Å². The van der Waals surface area contributed by atoms with Gasteiger partial charge in [-0.2, -0.15) is 0 Å². The molecule has 2 saturated heterocycles. The van der Waals surface area contributed by atoms with Gasteiger partial charge in [-0.15, -0.1) is 11.3 Å². The van der Waals surface area contributed by atoms with Gasteiger partial charge in [0.25, 0.3) is 0 Å². The molecule has 6 heteroatoms. The van der Waals surface area contributed by atoms with Gasteiger partial charge in [-0.1, -0.05) is 12.1 Å². The predicted molar refractivity (Wildman–Crippen MR) is 103 cm³/mol. The number of nitrogens with one attached hydrogen (secondary N) is 2. The van der Waals surface area contributed by atoms with E-state index in [1.165, 1.54) is 22.6 Å². The fraction of sp³-hybridized carbons (Fsp3) is 0.500. The van der Waals surface area contributed by atoms with Crippen molar-refractivity contribution in [2.45, 2.75) is 31.4 Å². The number of hydrazine groups is 1. The molecule has 0 saturated carbocycles. The second-order valence-corrected chi connectivity index (χ2v) is 8.45. The minimum atomic E-state index is -0.312. The van der Waals surface area contributed by atoms with E-state index < -0.39 is 0 Å². The number of likely N-dealkylation sites (tertiary alicyclic amines) is 1. The normalized spacial score (nSPS) is 30.0. The maximum Gasteiger partial charge on any atom is 0.123 e. The molecule has 0 aliphatic carbocycles. The number of piperidine rings is 1. The monoisotopic (exact) mass is 375 g/mol. The first kappa shape index (κ1) is 18.1. The number of hydrogen-bond donors (Lipinski definition) is 3. The summed E-state index contributed by atoms with van der Waals surface area (Å²) in [6.07, 6.45) is 0.685. The number of halogens is 1. The predicted octanol–water partition coefficient (Wildman–Crippen LogP) is 2.81. The maximum atomic E-state index is 13.2. The van der Waals surface area contributed by atoms with Gasteiger partial charge in [0.05, 0.1) is 12.1 Å². The van der Waals surface area contributed by atoms with E-state index in [-0.39, 0.29) is 23.9 Å². The highest BCUT2D eigenvalue weighted by Gasteiger charge is 2.34. The standard InChI is InChI=1S/C20H26FN3OS/c1-13-7-9-26-20(13)17-6-8-24(12-18(17)25)11-15-10-22-23-19(15)14-2-4-16(21)5-3-14/h2-5,7,9,15,17-19,22-23,25H,6,8,10-12H2,1H3/t15?,17-,18-,19?/m1/s1. The van der Waals surface area contributed by atoms with Crippen LogP contribution in [0.1, 0.15) is 34.4 Å². The lowest BCUT2D eigenvalue weighted by Gasteiger charge is -2.37. The second-order valence-electron chi connectivity index (χ2n) is 7.50. The van der Waals surface area contributed by atoms with E-state index in [4.69, 9.17) is 0 Å². The number of aliphatic hydroxyl groups excluding tert-OH is 1. The molecule has 1 aromatic carbocycles. The Labute approximate surface area is 158 Å². The van der Waals surface area contributed by atoms with Crippen molar-refractivity contribution in [3.63, 3.8) is 0 Å². The van der Waals surface area contributed by atoms with Gasteiger partial charge >= 0.3 is 0 Å². The summed E-state index contributed by atoms with van der Waals surface area (Å²) >= 11 is 1.76. The highest BCUT2D eigenvalue weighted by Crippen LogP contribution is 2.35. The van der Waals surface area contributed by atoms with Crippen molar-refractivity contribution in [3.05, 3.63) is 57.5 Å². The molecule has 0 amide bonds. The number of aryl methyl sites for hydroxylation is 1. The first-order valence-electron chi connectivity index (χ1n) is 9.30. The number of nitrogens with zero attached hydrogens (tertiary/aromatic N) is 1. The molecule has 2 aromatic rings. The quantitative estimate of drug-likeness (QED) is 0.769. The van der Waals surface area contributed by atoms with Gasteiger partial charge in [0, 0.05) is 36.3 Å². The van der Waals surface area contributed by atoms with Crippen LogP contribution in [0, 0.1) is 18.7 Å². The smallest absolute Gasteiger partial charge is 0.123 e. The molecule has 4 atom stereocenters. The molecule has 0 bridgehead atoms. The molecule has 26 heavy (non-hydrogen) atoms. The van der Waals surface area contributed by atoms with Gasteiger partial charge in [-0.05, 0) is 54.6 Å². The largest absolute Gasteiger partial charge is 0.391 e. The topological polar surface area (TPSA) is 47.5 Å². The molecule has 0 spiro atoms. The van der Waals surface area contributed by atoms with Gasteiger partial charge < -0.3 is 10.0 Å². The van der Waals surface area contributed by atoms with Crippen LogP contribution in [0.3, 0.4) is 0 Å². The van der Waals surface area contributed by atoms with E-state index in [2.05, 4.69) is 34.1 Å². The van der Waals surface area contributed by atoms with Crippen molar-refractivity contribution in [1.29, 1.82) is 0 Å². The molecule has 2 aliphatic rings. The number of hydrogen-bond acceptors (Lipinski definition) is 5. The molecule has 4 rings (SSSR count). The Bertz CT molecular complexity index is 735. The zero-order valence-corrected chi connectivity index (χ0v) is 15.8. The van der Waals surface area contributed by atoms with Crippen LogP contribution < -0.4 is 10.9 Å². The molecule has 3 N–H and O–H groups in total. The third-order valence-corrected chi connectivity index (χ3v) is 6.87. The average Bonchev–Trinajstić information content (AvgIpc) is 3.25. The maximum absolute atomic E-state index is 13.2. The molecular weight excluding hydrogens is 349 g/mol. The summed E-state index contributed by atoms with van der Waals surface area (Å²) in [6.45, 7) is 5.66. The van der Waals surface area contributed by atoms with Crippen LogP contribution in [0.4, 0.5) is 4.39 Å². The average molecular weight is 376 g/mol. The van der Waals surface area contributed by atoms with Crippen molar-refractivity contribution >= 4 is 11.3 Å². The number of aliphatic hydroxyl groups is 1. The van der Waals surface area contributed by atoms with Crippen LogP contribution in [0.15, 0.2) is 35.7 Å². The lowest BCUT2D eigenvalue weighted by Crippen LogP contribution is -2.45. The Morgan fingerprint density at radius 3 is 2.77 bits per heavy atom. The SMILES string of the molecule is Cc1ccsc1[C@@H]1CCN(CC2CNNC2c2ccc(F)cc2)C[C@H]1O. The number of β-amino-alcohol motifs (C(OH)–C–C–N with tert-alkyl or cyclic N) is 1. The van der Waals surface area contributed by atoms with Crippen molar-refractivity contribution in [2.24, 2.45) is 5.92 Å². The summed E-state index contributed by atoms with van der Waals surface area (Å²) in [5, 5.41) is 12.8. The van der Waals surface area contributed by atoms with Crippen molar-refractivity contribution < 1.29 is 9.50 Å². The highest BCUT2D eigenvalue weighted by atomic mass is 32.1. The first-order valence-corrected chi connectivity index (χ1v) is 10.2. The Balaban J connectivity index is 1.39. The number of benzene rings is 1. The summed E-state index contributed by atoms with van der Waals surface area (Å²) in [4.78, 5) is 3.71. The molecule has 1 aromatic heterocycles. The second kappa shape index (κ2) is 7.74. The highest BCUT2D eigenvalue weighted by molar-refractivity contribution is 7.10. The summed E-state index contributed by atoms with van der Waals surface area (Å²) < 4.78 is 13.2. The molecule has 3 heterocycles. The first-order chi connectivity index (χ1) is 12.6. The molecule has 0 radical (unpaired) electrons. The van der Waals surface area contributed by atoms with E-state index in [0.717, 1.165) is 31.6 Å². The van der Waals surface area contributed by atoms with E-state index in [0.29, 0.717) is 12.5 Å². The summed E-state index contributed by atoms with van der Waals surface area (Å²) in [5.41, 5.74) is 8.97. The molecule has 2 fully saturated rings. The fourth-order valence-corrected chi connectivity index (χ4v) is 5.42. The van der Waals surface area contributed by atoms with Crippen LogP contribution in [-0.2, 0) is 0 Å². The zero-order chi connectivity index (χ0) is 18.1. The number of rotatable bonds is 4. The molecule has 2 aliphatic heterocycles. The van der Waals surface area contributed by atoms with Gasteiger partial charge in [-0.3, -0.25) is 5.43 Å². The lowest BCUT2D eigenvalue weighted by atomic mass is 9.89. The molecular formula is C20H26FN3OS. The Morgan fingerprint density at radius 2 is 2.08 bits per heavy atom. The van der Waals surface area contributed by atoms with Crippen molar-refractivity contribution in [2.75, 3.05) is 26.2 Å². The van der Waals surface area contributed by atoms with E-state index in [1.807, 2.05) is 12.1 Å². The van der Waals surface area contributed by atoms with Gasteiger partial charge in [0.2, 0.25) is 0 Å². The zero-order valence-electron chi connectivity index (χ0n) is 15.0. The van der Waals surface area contributed by atoms with Crippen LogP contribution in [0.25, 0.3) is 0 Å². The Morgan fingerprint density at radius 1 is 1.27 bits per heavy atom. The minimum absolute atomic E-state index is 0.171. The van der Waals surface area contributed by atoms with Crippen molar-refractivity contribution in [1.82, 2.24) is 15.8 Å². The molecule has 140 valence electrons. The Hall–Kier alpha value is -1.31. The number of thiophene rings is 1. The minimum Gasteiger partial charge on any atom is -0.391 e. The molecule has 4 nitrogen and oxygen atoms in total. The molecule has 2 unspecified atom stereocenters. The van der Waals surface area contributed by atoms with Gasteiger partial charge in [0.1, 0.15) is 5.82 Å². The van der Waals surface area contributed by atoms with Crippen LogP contribution in [0.2, 0.25) is 0 Å². The van der Waals surface area contributed by atoms with Crippen molar-refractivity contribution in [3.8, 4) is 0 Å². The third kappa shape index (κ3) is 3.70. The Kier molecular flexibility index (Phi) is 5.38. The summed E-state index contributed by atoms with van der Waals surface area (Å²) in [7, 11) is 0. The fourth-order valence-electron chi connectivity index (χ4n) is 4.30. The van der Waals surface area contributed by atoms with Crippen LogP contribution in [-0.4, -0.2) is 42.3 Å². The van der Waals surface area contributed by atoms with E-state index in [1.54, 1.807) is 11.3 Å². The van der Waals surface area contributed by atoms with E-state index in [9.17, 15) is 9.50 Å². The van der Waals surface area contributed by atoms with Gasteiger partial charge in [-0.25, -0.2) is 9.82 Å².